The Morgan fingerprint density at radius 2 is 1.91 bits per heavy atom. The molecule has 1 aliphatic heterocycles. The summed E-state index contributed by atoms with van der Waals surface area (Å²) in [6.07, 6.45) is 1.34. The molecule has 2 N–H and O–H groups in total. The van der Waals surface area contributed by atoms with Crippen molar-refractivity contribution in [2.45, 2.75) is 116 Å². The van der Waals surface area contributed by atoms with E-state index in [9.17, 15) is 25.1 Å². The minimum absolute atomic E-state index is 0.0250. The van der Waals surface area contributed by atoms with E-state index in [2.05, 4.69) is 53.7 Å². The lowest BCUT2D eigenvalue weighted by Gasteiger charge is -2.62. The highest BCUT2D eigenvalue weighted by molar-refractivity contribution is 14.1. The number of carboxylic acids is 1. The van der Waals surface area contributed by atoms with E-state index in [1.165, 1.54) is 0 Å². The van der Waals surface area contributed by atoms with Gasteiger partial charge in [0.1, 0.15) is 6.10 Å². The maximum absolute atomic E-state index is 12.8. The molecule has 5 fully saturated rings. The predicted octanol–water partition coefficient (Wildman–Crippen LogP) is 3.63. The standard InChI is InChI=1S/C31H47IO10.OS/c1-15(2)10-24(33)40-26-17(4)25(41-42-37)22(14-32)39-29(26)38-19-11-20(28(35)36)21-8-9-31-12-18(16(3)27(31)34)6-7-23(31)30(21,5)13-19;1-2/h15,17-23,25-27,29,34,37H,3,6-14H2,1-2,4-5H3,(H,35,36);/p-1/t17-,18?,19?,20?,21?,22?,23?,25?,26?,27?,29?,30?,31?;/m0./s1/i32-2;. The first-order valence-electron chi connectivity index (χ1n) is 15.6. The topological polar surface area (TPSA) is 161 Å². The monoisotopic (exact) mass is 751 g/mol. The highest BCUT2D eigenvalue weighted by Crippen LogP contribution is 2.70. The molecule has 0 aromatic rings. The minimum Gasteiger partial charge on any atom is -0.692 e. The molecule has 5 aliphatic rings. The van der Waals surface area contributed by atoms with Crippen molar-refractivity contribution in [3.63, 3.8) is 0 Å². The largest absolute Gasteiger partial charge is 0.692 e. The van der Waals surface area contributed by atoms with Gasteiger partial charge in [-0.15, -0.1) is 0 Å². The molecule has 5 rings (SSSR count). The first kappa shape index (κ1) is 36.0. The fraction of sp³-hybridized carbons (Fsp3) is 0.871. The van der Waals surface area contributed by atoms with Gasteiger partial charge in [0, 0.05) is 22.2 Å². The van der Waals surface area contributed by atoms with Crippen LogP contribution >= 0.6 is 22.6 Å². The average Bonchev–Trinajstić information content (AvgIpc) is 3.15. The molecule has 0 amide bonds. The predicted molar refractivity (Wildman–Crippen MR) is 165 cm³/mol. The number of ether oxygens (including phenoxy) is 3. The van der Waals surface area contributed by atoms with Crippen molar-refractivity contribution in [2.75, 3.05) is 4.43 Å². The van der Waals surface area contributed by atoms with E-state index in [4.69, 9.17) is 23.3 Å². The van der Waals surface area contributed by atoms with Gasteiger partial charge in [-0.05, 0) is 79.6 Å². The Balaban J connectivity index is 0.00000216. The maximum Gasteiger partial charge on any atom is 0.306 e. The molecular weight excluding hydrogens is 705 g/mol. The number of hydrogen-bond acceptors (Lipinski definition) is 11. The van der Waals surface area contributed by atoms with Crippen LogP contribution in [0.5, 0.6) is 0 Å². The summed E-state index contributed by atoms with van der Waals surface area (Å²) in [6.45, 7) is 12.1. The van der Waals surface area contributed by atoms with Crippen LogP contribution in [-0.2, 0) is 46.3 Å². The quantitative estimate of drug-likeness (QED) is 0.0671. The minimum atomic E-state index is -0.966. The summed E-state index contributed by atoms with van der Waals surface area (Å²) in [7, 11) is 0. The first-order valence-corrected chi connectivity index (χ1v) is 17.5. The van der Waals surface area contributed by atoms with Gasteiger partial charge >= 0.3 is 11.9 Å². The second-order valence-corrected chi connectivity index (χ2v) is 15.2. The summed E-state index contributed by atoms with van der Waals surface area (Å²) in [5.41, 5.74) is 0.309. The molecule has 1 spiro atoms. The van der Waals surface area contributed by atoms with Crippen LogP contribution in [0.4, 0.5) is 0 Å². The molecule has 0 aromatic carbocycles. The number of carbonyl (C=O) groups is 2. The van der Waals surface area contributed by atoms with Crippen LogP contribution < -0.4 is 5.26 Å². The second kappa shape index (κ2) is 14.5. The molecule has 250 valence electrons. The van der Waals surface area contributed by atoms with E-state index in [0.717, 1.165) is 37.7 Å². The number of fused-ring (bicyclic) bond motifs is 3. The normalized spacial score (nSPS) is 44.6. The molecular formula is C31H46IO11S-. The molecule has 1 heterocycles. The van der Waals surface area contributed by atoms with Gasteiger partial charge in [-0.25, -0.2) is 4.89 Å². The molecule has 0 aromatic heterocycles. The fourth-order valence-electron chi connectivity index (χ4n) is 9.75. The molecule has 2 bridgehead atoms. The van der Waals surface area contributed by atoms with E-state index in [-0.39, 0.29) is 35.0 Å². The summed E-state index contributed by atoms with van der Waals surface area (Å²) >= 11 is 4.97. The zero-order chi connectivity index (χ0) is 32.6. The van der Waals surface area contributed by atoms with Gasteiger partial charge in [0.2, 0.25) is 0 Å². The van der Waals surface area contributed by atoms with Crippen molar-refractivity contribution in [2.24, 2.45) is 46.3 Å². The number of halogens is 1. The van der Waals surface area contributed by atoms with E-state index in [1.54, 1.807) is 0 Å². The Labute approximate surface area is 278 Å². The SMILES string of the molecule is C=C1C2CCC3C4(C)CC(OC5OC(C[125I])C(OO[O-])[C@H](C)C5OC(=O)CC(C)C)CC(C(=O)O)C4CCC3(C2)C1O.O=S. The van der Waals surface area contributed by atoms with Crippen LogP contribution in [0, 0.1) is 46.3 Å². The van der Waals surface area contributed by atoms with Crippen molar-refractivity contribution in [3.8, 4) is 0 Å². The van der Waals surface area contributed by atoms with Gasteiger partial charge in [0.15, 0.2) is 24.9 Å². The summed E-state index contributed by atoms with van der Waals surface area (Å²) in [5.74, 6) is -1.77. The molecule has 44 heavy (non-hydrogen) atoms. The van der Waals surface area contributed by atoms with Crippen LogP contribution in [0.2, 0.25) is 0 Å². The summed E-state index contributed by atoms with van der Waals surface area (Å²) in [4.78, 5) is 30.6. The summed E-state index contributed by atoms with van der Waals surface area (Å²) < 4.78 is 27.2. The third-order valence-electron chi connectivity index (χ3n) is 11.5. The molecule has 0 radical (unpaired) electrons. The number of alkyl halides is 1. The van der Waals surface area contributed by atoms with E-state index in [0.29, 0.717) is 23.2 Å². The lowest BCUT2D eigenvalue weighted by Crippen LogP contribution is -2.61. The maximum atomic E-state index is 12.8. The smallest absolute Gasteiger partial charge is 0.306 e. The van der Waals surface area contributed by atoms with Crippen molar-refractivity contribution in [3.05, 3.63) is 12.2 Å². The Kier molecular flexibility index (Phi) is 11.9. The summed E-state index contributed by atoms with van der Waals surface area (Å²) in [6, 6.07) is 0. The van der Waals surface area contributed by atoms with E-state index in [1.807, 2.05) is 20.8 Å². The molecule has 4 saturated carbocycles. The molecule has 13 atom stereocenters. The van der Waals surface area contributed by atoms with Crippen LogP contribution in [0.15, 0.2) is 12.2 Å². The Morgan fingerprint density at radius 3 is 2.52 bits per heavy atom. The van der Waals surface area contributed by atoms with Crippen LogP contribution in [0.25, 0.3) is 0 Å². The van der Waals surface area contributed by atoms with Crippen molar-refractivity contribution >= 4 is 47.1 Å². The van der Waals surface area contributed by atoms with Crippen LogP contribution in [0.3, 0.4) is 0 Å². The number of carbonyl (C=O) groups excluding carboxylic acids is 1. The van der Waals surface area contributed by atoms with Crippen molar-refractivity contribution in [1.29, 1.82) is 0 Å². The number of carboxylic acid groups (broad SMARTS) is 1. The Hall–Kier alpha value is -0.810. The molecule has 11 nitrogen and oxygen atoms in total. The zero-order valence-corrected chi connectivity index (χ0v) is 28.8. The van der Waals surface area contributed by atoms with Crippen LogP contribution in [-0.4, -0.2) is 67.6 Å². The summed E-state index contributed by atoms with van der Waals surface area (Å²) in [5, 5.41) is 36.6. The lowest BCUT2D eigenvalue weighted by atomic mass is 9.43. The van der Waals surface area contributed by atoms with Gasteiger partial charge in [0.25, 0.3) is 0 Å². The van der Waals surface area contributed by atoms with Crippen molar-refractivity contribution < 1.29 is 53.4 Å². The van der Waals surface area contributed by atoms with Gasteiger partial charge in [-0.1, -0.05) is 56.9 Å². The van der Waals surface area contributed by atoms with Gasteiger partial charge in [0.05, 0.1) is 24.2 Å². The number of rotatable bonds is 9. The van der Waals surface area contributed by atoms with Gasteiger partial charge in [-0.2, -0.15) is 4.21 Å². The number of esters is 1. The zero-order valence-electron chi connectivity index (χ0n) is 25.9. The third kappa shape index (κ3) is 6.50. The van der Waals surface area contributed by atoms with Gasteiger partial charge < -0.3 is 29.7 Å². The first-order chi connectivity index (χ1) is 20.9. The van der Waals surface area contributed by atoms with E-state index < -0.39 is 60.6 Å². The highest BCUT2D eigenvalue weighted by atomic mass is 125. The molecule has 4 aliphatic carbocycles. The second-order valence-electron chi connectivity index (χ2n) is 14.3. The van der Waals surface area contributed by atoms with Gasteiger partial charge in [-0.3, -0.25) is 14.6 Å². The number of aliphatic hydroxyl groups excluding tert-OH is 1. The molecule has 13 heteroatoms. The number of aliphatic carboxylic acids is 1. The Bertz CT molecular complexity index is 1060. The molecule has 12 unspecified atom stereocenters. The van der Waals surface area contributed by atoms with E-state index >= 15 is 0 Å². The molecule has 1 saturated heterocycles. The number of aliphatic hydroxyl groups is 1. The number of hydrogen-bond donors (Lipinski definition) is 2. The van der Waals surface area contributed by atoms with Crippen molar-refractivity contribution in [1.82, 2.24) is 0 Å². The average molecular weight is 752 g/mol. The highest BCUT2D eigenvalue weighted by Gasteiger charge is 2.67. The third-order valence-corrected chi connectivity index (χ3v) is 12.4. The lowest BCUT2D eigenvalue weighted by molar-refractivity contribution is -0.807. The van der Waals surface area contributed by atoms with Crippen LogP contribution in [0.1, 0.15) is 79.1 Å². The Morgan fingerprint density at radius 1 is 1.20 bits per heavy atom. The fourth-order valence-corrected chi connectivity index (χ4v) is 10.5.